The summed E-state index contributed by atoms with van der Waals surface area (Å²) in [6.45, 7) is -0.399. The normalized spacial score (nSPS) is 16.3. The van der Waals surface area contributed by atoms with E-state index in [0.29, 0.717) is 28.4 Å². The van der Waals surface area contributed by atoms with Crippen molar-refractivity contribution in [1.29, 1.82) is 0 Å². The van der Waals surface area contributed by atoms with Crippen molar-refractivity contribution in [2.75, 3.05) is 6.54 Å². The number of carbonyl (C=O) groups is 1. The number of para-hydroxylation sites is 1. The Morgan fingerprint density at radius 1 is 1.39 bits per heavy atom. The number of aromatic nitrogens is 5. The van der Waals surface area contributed by atoms with E-state index in [1.54, 1.807) is 12.1 Å². The second-order valence-electron chi connectivity index (χ2n) is 6.98. The van der Waals surface area contributed by atoms with Gasteiger partial charge in [-0.2, -0.15) is 5.10 Å². The van der Waals surface area contributed by atoms with E-state index in [2.05, 4.69) is 20.1 Å². The van der Waals surface area contributed by atoms with Gasteiger partial charge in [0.05, 0.1) is 28.5 Å². The molecule has 1 amide bonds. The lowest BCUT2D eigenvalue weighted by Crippen LogP contribution is -2.40. The third kappa shape index (κ3) is 3.37. The molecule has 0 fully saturated rings. The summed E-state index contributed by atoms with van der Waals surface area (Å²) in [5.41, 5.74) is 1.70. The number of aromatic amines is 1. The third-order valence-corrected chi connectivity index (χ3v) is 6.59. The first kappa shape index (κ1) is 20.0. The van der Waals surface area contributed by atoms with Crippen molar-refractivity contribution in [2.24, 2.45) is 0 Å². The maximum absolute atomic E-state index is 14.2. The van der Waals surface area contributed by atoms with E-state index in [4.69, 9.17) is 11.6 Å². The average molecular weight is 467 g/mol. The zero-order chi connectivity index (χ0) is 21.7. The van der Waals surface area contributed by atoms with Gasteiger partial charge in [0.15, 0.2) is 0 Å². The summed E-state index contributed by atoms with van der Waals surface area (Å²) in [5, 5.41) is 4.16. The number of imidazole rings is 1. The van der Waals surface area contributed by atoms with Crippen molar-refractivity contribution in [3.8, 4) is 0 Å². The number of halogens is 4. The molecule has 0 saturated carbocycles. The largest absolute Gasteiger partial charge is 0.348 e. The van der Waals surface area contributed by atoms with Crippen LogP contribution >= 0.6 is 22.9 Å². The average Bonchev–Trinajstić information content (AvgIpc) is 3.46. The second-order valence-corrected chi connectivity index (χ2v) is 8.40. The number of rotatable bonds is 4. The molecule has 1 aliphatic heterocycles. The summed E-state index contributed by atoms with van der Waals surface area (Å²) in [6.07, 6.45) is 0.571. The van der Waals surface area contributed by atoms with Gasteiger partial charge >= 0.3 is 0 Å². The second kappa shape index (κ2) is 7.65. The van der Waals surface area contributed by atoms with Crippen molar-refractivity contribution < 1.29 is 18.0 Å². The summed E-state index contributed by atoms with van der Waals surface area (Å²) in [4.78, 5) is 26.8. The molecule has 4 heterocycles. The van der Waals surface area contributed by atoms with E-state index < -0.39 is 30.7 Å². The maximum atomic E-state index is 14.2. The molecular weight excluding hydrogens is 453 g/mol. The highest BCUT2D eigenvalue weighted by atomic mass is 35.5. The number of nitrogens with zero attached hydrogens (tertiary/aromatic N) is 5. The number of carbonyl (C=O) groups excluding carboxylic acids is 1. The van der Waals surface area contributed by atoms with Gasteiger partial charge in [-0.05, 0) is 12.1 Å². The van der Waals surface area contributed by atoms with Crippen molar-refractivity contribution in [3.63, 3.8) is 0 Å². The minimum Gasteiger partial charge on any atom is -0.348 e. The monoisotopic (exact) mass is 466 g/mol. The molecule has 1 aromatic carbocycles. The van der Waals surface area contributed by atoms with E-state index in [1.807, 2.05) is 0 Å². The lowest BCUT2D eigenvalue weighted by Gasteiger charge is -2.33. The topological polar surface area (TPSA) is 79.7 Å². The van der Waals surface area contributed by atoms with Crippen LogP contribution in [-0.4, -0.2) is 48.5 Å². The van der Waals surface area contributed by atoms with Gasteiger partial charge in [0.2, 0.25) is 0 Å². The zero-order valence-corrected chi connectivity index (χ0v) is 17.3. The van der Waals surface area contributed by atoms with Gasteiger partial charge in [-0.1, -0.05) is 17.7 Å². The molecule has 0 radical (unpaired) electrons. The van der Waals surface area contributed by atoms with Crippen LogP contribution < -0.4 is 0 Å². The Kier molecular flexibility index (Phi) is 4.94. The minimum atomic E-state index is -2.66. The molecule has 5 rings (SSSR count). The van der Waals surface area contributed by atoms with Crippen LogP contribution in [-0.2, 0) is 13.0 Å². The highest BCUT2D eigenvalue weighted by Crippen LogP contribution is 2.39. The zero-order valence-electron chi connectivity index (χ0n) is 15.7. The Balaban J connectivity index is 1.58. The van der Waals surface area contributed by atoms with Crippen LogP contribution in [0.2, 0.25) is 5.15 Å². The molecule has 0 bridgehead atoms. The number of thiazole rings is 1. The molecule has 31 heavy (non-hydrogen) atoms. The SMILES string of the molecule is O=C(c1cnn(CC(F)F)c1Cl)N1CCc2[nH]cnc2[C@H]1c1nc2c(F)cccc2s1. The van der Waals surface area contributed by atoms with E-state index >= 15 is 0 Å². The van der Waals surface area contributed by atoms with Crippen LogP contribution in [0.1, 0.15) is 32.8 Å². The lowest BCUT2D eigenvalue weighted by molar-refractivity contribution is 0.0690. The summed E-state index contributed by atoms with van der Waals surface area (Å²) >= 11 is 7.44. The third-order valence-electron chi connectivity index (χ3n) is 5.12. The molecule has 4 aromatic rings. The van der Waals surface area contributed by atoms with Crippen LogP contribution in [0.5, 0.6) is 0 Å². The fourth-order valence-corrected chi connectivity index (χ4v) is 5.06. The summed E-state index contributed by atoms with van der Waals surface area (Å²) in [6, 6.07) is 4.01. The molecule has 0 unspecified atom stereocenters. The molecule has 0 aliphatic carbocycles. The molecule has 7 nitrogen and oxygen atoms in total. The number of alkyl halides is 2. The molecule has 0 saturated heterocycles. The predicted octanol–water partition coefficient (Wildman–Crippen LogP) is 4.06. The molecule has 12 heteroatoms. The first-order valence-electron chi connectivity index (χ1n) is 9.31. The van der Waals surface area contributed by atoms with Crippen LogP contribution in [0.3, 0.4) is 0 Å². The van der Waals surface area contributed by atoms with Crippen LogP contribution in [0.15, 0.2) is 30.7 Å². The highest BCUT2D eigenvalue weighted by Gasteiger charge is 2.38. The minimum absolute atomic E-state index is 0.0126. The van der Waals surface area contributed by atoms with E-state index in [9.17, 15) is 18.0 Å². The molecule has 160 valence electrons. The van der Waals surface area contributed by atoms with E-state index in [0.717, 1.165) is 10.4 Å². The van der Waals surface area contributed by atoms with E-state index in [-0.39, 0.29) is 16.2 Å². The van der Waals surface area contributed by atoms with Gasteiger partial charge in [-0.15, -0.1) is 11.3 Å². The Labute approximate surface area is 182 Å². The number of hydrogen-bond acceptors (Lipinski definition) is 5. The lowest BCUT2D eigenvalue weighted by atomic mass is 10.0. The Hall–Kier alpha value is -2.92. The Bertz CT molecular complexity index is 1280. The maximum Gasteiger partial charge on any atom is 0.259 e. The van der Waals surface area contributed by atoms with Gasteiger partial charge in [0.25, 0.3) is 12.3 Å². The molecule has 0 spiro atoms. The Morgan fingerprint density at radius 3 is 3.00 bits per heavy atom. The Morgan fingerprint density at radius 2 is 2.23 bits per heavy atom. The standard InChI is InChI=1S/C19H14ClF3N6OS/c20-17-9(6-26-29(17)7-13(22)23)19(30)28-5-4-11-15(25-8-24-11)16(28)18-27-14-10(21)2-1-3-12(14)31-18/h1-3,6,8,13,16H,4-5,7H2,(H,24,25)/t16-/m0/s1. The molecule has 1 N–H and O–H groups in total. The fraction of sp³-hybridized carbons (Fsp3) is 0.263. The van der Waals surface area contributed by atoms with Crippen molar-refractivity contribution in [2.45, 2.75) is 25.4 Å². The quantitative estimate of drug-likeness (QED) is 0.492. The number of nitrogens with one attached hydrogen (secondary N) is 1. The van der Waals surface area contributed by atoms with Crippen LogP contribution in [0, 0.1) is 5.82 Å². The number of benzene rings is 1. The number of H-pyrrole nitrogens is 1. The molecule has 1 atom stereocenters. The highest BCUT2D eigenvalue weighted by molar-refractivity contribution is 7.18. The number of hydrogen-bond donors (Lipinski definition) is 1. The first-order chi connectivity index (χ1) is 14.9. The summed E-state index contributed by atoms with van der Waals surface area (Å²) in [7, 11) is 0. The predicted molar refractivity (Wildman–Crippen MR) is 108 cm³/mol. The molecule has 1 aliphatic rings. The smallest absolute Gasteiger partial charge is 0.259 e. The summed E-state index contributed by atoms with van der Waals surface area (Å²) < 4.78 is 41.3. The van der Waals surface area contributed by atoms with Crippen molar-refractivity contribution in [3.05, 3.63) is 63.7 Å². The van der Waals surface area contributed by atoms with Crippen LogP contribution in [0.4, 0.5) is 13.2 Å². The van der Waals surface area contributed by atoms with Gasteiger partial charge in [0, 0.05) is 18.7 Å². The van der Waals surface area contributed by atoms with Gasteiger partial charge in [0.1, 0.15) is 34.1 Å². The number of fused-ring (bicyclic) bond motifs is 2. The van der Waals surface area contributed by atoms with Crippen molar-refractivity contribution in [1.82, 2.24) is 29.6 Å². The fourth-order valence-electron chi connectivity index (χ4n) is 3.72. The van der Waals surface area contributed by atoms with Gasteiger partial charge < -0.3 is 9.88 Å². The van der Waals surface area contributed by atoms with E-state index in [1.165, 1.54) is 34.8 Å². The van der Waals surface area contributed by atoms with Gasteiger partial charge in [-0.25, -0.2) is 27.8 Å². The van der Waals surface area contributed by atoms with Gasteiger partial charge in [-0.3, -0.25) is 4.79 Å². The first-order valence-corrected chi connectivity index (χ1v) is 10.5. The van der Waals surface area contributed by atoms with Crippen LogP contribution in [0.25, 0.3) is 10.2 Å². The number of amides is 1. The summed E-state index contributed by atoms with van der Waals surface area (Å²) in [5.74, 6) is -0.934. The van der Waals surface area contributed by atoms with Crippen molar-refractivity contribution >= 4 is 39.1 Å². The molecule has 3 aromatic heterocycles. The molecular formula is C19H14ClF3N6OS.